The first kappa shape index (κ1) is 16.2. The van der Waals surface area contributed by atoms with Crippen molar-refractivity contribution in [1.82, 2.24) is 9.80 Å². The van der Waals surface area contributed by atoms with Crippen LogP contribution < -0.4 is 5.73 Å². The minimum absolute atomic E-state index is 0.110. The molecule has 2 aliphatic rings. The third kappa shape index (κ3) is 3.94. The molecule has 0 radical (unpaired) electrons. The van der Waals surface area contributed by atoms with Crippen LogP contribution in [0, 0.1) is 5.92 Å². The van der Waals surface area contributed by atoms with E-state index in [0.29, 0.717) is 0 Å². The van der Waals surface area contributed by atoms with Crippen LogP contribution in [0.15, 0.2) is 0 Å². The van der Waals surface area contributed by atoms with E-state index in [0.717, 1.165) is 37.8 Å². The van der Waals surface area contributed by atoms with E-state index < -0.39 is 0 Å². The minimum atomic E-state index is -0.358. The normalized spacial score (nSPS) is 31.8. The van der Waals surface area contributed by atoms with Crippen molar-refractivity contribution in [3.05, 3.63) is 0 Å². The number of aliphatic hydroxyl groups excluding tert-OH is 1. The van der Waals surface area contributed by atoms with Crippen molar-refractivity contribution in [2.45, 2.75) is 57.0 Å². The summed E-state index contributed by atoms with van der Waals surface area (Å²) in [5.41, 5.74) is 5.80. The van der Waals surface area contributed by atoms with Crippen LogP contribution >= 0.6 is 0 Å². The van der Waals surface area contributed by atoms with E-state index in [1.54, 1.807) is 0 Å². The maximum absolute atomic E-state index is 9.36. The van der Waals surface area contributed by atoms with E-state index >= 15 is 0 Å². The Morgan fingerprint density at radius 2 is 2.10 bits per heavy atom. The van der Waals surface area contributed by atoms with Gasteiger partial charge in [0, 0.05) is 18.1 Å². The molecule has 20 heavy (non-hydrogen) atoms. The zero-order valence-corrected chi connectivity index (χ0v) is 13.4. The van der Waals surface area contributed by atoms with Gasteiger partial charge in [0.15, 0.2) is 0 Å². The average molecular weight is 283 g/mol. The second kappa shape index (κ2) is 7.21. The molecule has 2 rings (SSSR count). The molecule has 4 nitrogen and oxygen atoms in total. The van der Waals surface area contributed by atoms with E-state index in [-0.39, 0.29) is 12.1 Å². The van der Waals surface area contributed by atoms with E-state index in [1.165, 1.54) is 38.9 Å². The van der Waals surface area contributed by atoms with Crippen LogP contribution in [-0.4, -0.2) is 66.3 Å². The van der Waals surface area contributed by atoms with Gasteiger partial charge in [-0.1, -0.05) is 6.92 Å². The van der Waals surface area contributed by atoms with Gasteiger partial charge in [0.1, 0.15) is 0 Å². The Bertz CT molecular complexity index is 293. The molecule has 0 aromatic carbocycles. The zero-order chi connectivity index (χ0) is 14.6. The van der Waals surface area contributed by atoms with Crippen LogP contribution in [0.25, 0.3) is 0 Å². The Hall–Kier alpha value is -0.160. The lowest BCUT2D eigenvalue weighted by atomic mass is 9.84. The molecule has 0 saturated carbocycles. The second-order valence-corrected chi connectivity index (χ2v) is 7.02. The van der Waals surface area contributed by atoms with Crippen LogP contribution in [0.4, 0.5) is 0 Å². The first-order valence-corrected chi connectivity index (χ1v) is 8.40. The summed E-state index contributed by atoms with van der Waals surface area (Å²) in [6.07, 6.45) is 6.99. The van der Waals surface area contributed by atoms with Gasteiger partial charge in [-0.25, -0.2) is 0 Å². The molecule has 0 spiro atoms. The van der Waals surface area contributed by atoms with Gasteiger partial charge in [-0.05, 0) is 71.1 Å². The smallest absolute Gasteiger partial charge is 0.0611 e. The van der Waals surface area contributed by atoms with E-state index in [4.69, 9.17) is 5.73 Å². The monoisotopic (exact) mass is 283 g/mol. The molecule has 0 aromatic rings. The fourth-order valence-electron chi connectivity index (χ4n) is 3.95. The van der Waals surface area contributed by atoms with Crippen molar-refractivity contribution < 1.29 is 5.11 Å². The number of hydrogen-bond acceptors (Lipinski definition) is 4. The highest BCUT2D eigenvalue weighted by molar-refractivity contribution is 4.89. The van der Waals surface area contributed by atoms with E-state index in [1.807, 2.05) is 0 Å². The highest BCUT2D eigenvalue weighted by Gasteiger charge is 2.34. The van der Waals surface area contributed by atoms with Gasteiger partial charge >= 0.3 is 0 Å². The number of nitrogens with zero attached hydrogens (tertiary/aromatic N) is 2. The van der Waals surface area contributed by atoms with Gasteiger partial charge in [0.2, 0.25) is 0 Å². The molecule has 4 heteroatoms. The molecule has 3 atom stereocenters. The number of rotatable bonds is 6. The molecule has 0 bridgehead atoms. The molecule has 2 saturated heterocycles. The lowest BCUT2D eigenvalue weighted by Crippen LogP contribution is -2.53. The van der Waals surface area contributed by atoms with Crippen LogP contribution in [0.1, 0.15) is 45.4 Å². The minimum Gasteiger partial charge on any atom is -0.394 e. The standard InChI is InChI=1S/C16H33N3O/c1-3-16(17,13-20)8-5-10-19-11-7-15-14(12-19)6-4-9-18(15)2/h14-15,20H,3-13,17H2,1-2H3. The topological polar surface area (TPSA) is 52.7 Å². The SMILES string of the molecule is CCC(N)(CO)CCCN1CCC2C(CCCN2C)C1. The van der Waals surface area contributed by atoms with Gasteiger partial charge in [0.05, 0.1) is 6.61 Å². The Labute approximate surface area is 124 Å². The summed E-state index contributed by atoms with van der Waals surface area (Å²) < 4.78 is 0. The van der Waals surface area contributed by atoms with Crippen LogP contribution in [0.2, 0.25) is 0 Å². The number of fused-ring (bicyclic) bond motifs is 1. The Balaban J connectivity index is 1.73. The molecule has 0 amide bonds. The van der Waals surface area contributed by atoms with Gasteiger partial charge in [-0.2, -0.15) is 0 Å². The summed E-state index contributed by atoms with van der Waals surface area (Å²) >= 11 is 0. The largest absolute Gasteiger partial charge is 0.394 e. The molecular formula is C16H33N3O. The molecule has 2 fully saturated rings. The van der Waals surface area contributed by atoms with Crippen molar-refractivity contribution in [3.8, 4) is 0 Å². The third-order valence-corrected chi connectivity index (χ3v) is 5.60. The third-order valence-electron chi connectivity index (χ3n) is 5.60. The number of likely N-dealkylation sites (tertiary alicyclic amines) is 2. The van der Waals surface area contributed by atoms with E-state index in [9.17, 15) is 5.11 Å². The van der Waals surface area contributed by atoms with Gasteiger partial charge in [-0.3, -0.25) is 0 Å². The summed E-state index contributed by atoms with van der Waals surface area (Å²) in [7, 11) is 2.29. The fraction of sp³-hybridized carbons (Fsp3) is 1.00. The number of piperidine rings is 2. The highest BCUT2D eigenvalue weighted by atomic mass is 16.3. The molecular weight excluding hydrogens is 250 g/mol. The number of aliphatic hydroxyl groups is 1. The quantitative estimate of drug-likeness (QED) is 0.771. The Morgan fingerprint density at radius 3 is 2.80 bits per heavy atom. The van der Waals surface area contributed by atoms with Crippen LogP contribution in [0.3, 0.4) is 0 Å². The maximum atomic E-state index is 9.36. The molecule has 3 N–H and O–H groups in total. The molecule has 118 valence electrons. The average Bonchev–Trinajstić information content (AvgIpc) is 2.47. The van der Waals surface area contributed by atoms with Crippen LogP contribution in [0.5, 0.6) is 0 Å². The zero-order valence-electron chi connectivity index (χ0n) is 13.4. The second-order valence-electron chi connectivity index (χ2n) is 7.02. The fourth-order valence-corrected chi connectivity index (χ4v) is 3.95. The van der Waals surface area contributed by atoms with E-state index in [2.05, 4.69) is 23.8 Å². The summed E-state index contributed by atoms with van der Waals surface area (Å²) in [5, 5.41) is 9.36. The molecule has 3 unspecified atom stereocenters. The summed E-state index contributed by atoms with van der Waals surface area (Å²) in [5.74, 6) is 0.870. The molecule has 0 aromatic heterocycles. The lowest BCUT2D eigenvalue weighted by Gasteiger charge is -2.46. The van der Waals surface area contributed by atoms with Crippen molar-refractivity contribution in [1.29, 1.82) is 0 Å². The van der Waals surface area contributed by atoms with Gasteiger partial charge in [0.25, 0.3) is 0 Å². The van der Waals surface area contributed by atoms with Gasteiger partial charge in [-0.15, -0.1) is 0 Å². The van der Waals surface area contributed by atoms with Gasteiger partial charge < -0.3 is 20.6 Å². The lowest BCUT2D eigenvalue weighted by molar-refractivity contribution is 0.0368. The van der Waals surface area contributed by atoms with Crippen LogP contribution in [-0.2, 0) is 0 Å². The first-order valence-electron chi connectivity index (χ1n) is 8.40. The number of hydrogen-bond donors (Lipinski definition) is 2. The first-order chi connectivity index (χ1) is 9.58. The molecule has 2 heterocycles. The Kier molecular flexibility index (Phi) is 5.84. The van der Waals surface area contributed by atoms with Crippen molar-refractivity contribution >= 4 is 0 Å². The van der Waals surface area contributed by atoms with Crippen molar-refractivity contribution in [2.75, 3.05) is 39.8 Å². The number of nitrogens with two attached hydrogens (primary N) is 1. The molecule has 0 aliphatic carbocycles. The maximum Gasteiger partial charge on any atom is 0.0611 e. The molecule has 2 aliphatic heterocycles. The highest BCUT2D eigenvalue weighted by Crippen LogP contribution is 2.29. The summed E-state index contributed by atoms with van der Waals surface area (Å²) in [6.45, 7) is 7.10. The predicted molar refractivity (Wildman–Crippen MR) is 83.7 cm³/mol. The predicted octanol–water partition coefficient (Wildman–Crippen LogP) is 1.28. The van der Waals surface area contributed by atoms with Crippen molar-refractivity contribution in [3.63, 3.8) is 0 Å². The summed E-state index contributed by atoms with van der Waals surface area (Å²) in [6, 6.07) is 0.821. The Morgan fingerprint density at radius 1 is 1.30 bits per heavy atom. The van der Waals surface area contributed by atoms with Crippen molar-refractivity contribution in [2.24, 2.45) is 11.7 Å². The summed E-state index contributed by atoms with van der Waals surface area (Å²) in [4.78, 5) is 5.19.